The summed E-state index contributed by atoms with van der Waals surface area (Å²) in [7, 11) is 3.95. The molecule has 1 heterocycles. The van der Waals surface area contributed by atoms with Gasteiger partial charge < -0.3 is 29.7 Å². The number of carbonyl (C=O) groups excluding carboxylic acids is 4. The van der Waals surface area contributed by atoms with E-state index in [1.54, 1.807) is 6.92 Å². The maximum absolute atomic E-state index is 14.1. The molecule has 5 atom stereocenters. The van der Waals surface area contributed by atoms with Crippen molar-refractivity contribution in [2.24, 2.45) is 17.8 Å². The molecule has 0 radical (unpaired) electrons. The van der Waals surface area contributed by atoms with Gasteiger partial charge in [0.2, 0.25) is 11.8 Å². The Bertz CT molecular complexity index is 1360. The number of nitrogens with zero attached hydrogens (tertiary/aromatic N) is 1. The summed E-state index contributed by atoms with van der Waals surface area (Å²) in [6.45, 7) is 12.0. The molecule has 0 spiro atoms. The number of likely N-dealkylation sites (N-methyl/N-ethyl adjacent to an activating group) is 1. The average Bonchev–Trinajstić information content (AvgIpc) is 3.84. The second-order valence-electron chi connectivity index (χ2n) is 15.1. The number of hydrogen-bond acceptors (Lipinski definition) is 8. The van der Waals surface area contributed by atoms with Crippen molar-refractivity contribution >= 4 is 23.4 Å². The molecule has 1 aliphatic rings. The van der Waals surface area contributed by atoms with E-state index in [1.807, 2.05) is 107 Å². The minimum absolute atomic E-state index is 0.0932. The first kappa shape index (κ1) is 42.0. The third kappa shape index (κ3) is 15.4. The Morgan fingerprint density at radius 1 is 0.804 bits per heavy atom. The molecule has 10 heteroatoms. The molecule has 2 amide bonds. The predicted octanol–water partition coefficient (Wildman–Crippen LogP) is 4.82. The van der Waals surface area contributed by atoms with Crippen LogP contribution in [0.2, 0.25) is 0 Å². The highest BCUT2D eigenvalue weighted by Gasteiger charge is 2.50. The quantitative estimate of drug-likeness (QED) is 0.111. The molecule has 0 unspecified atom stereocenters. The number of aryl methyl sites for hydroxylation is 1. The zero-order valence-corrected chi connectivity index (χ0v) is 31.8. The van der Waals surface area contributed by atoms with Gasteiger partial charge in [-0.2, -0.15) is 0 Å². The molecule has 1 fully saturated rings. The Kier molecular flexibility index (Phi) is 17.4. The topological polar surface area (TPSA) is 127 Å². The molecule has 51 heavy (non-hydrogen) atoms. The number of benzene rings is 2. The van der Waals surface area contributed by atoms with Gasteiger partial charge in [0, 0.05) is 18.9 Å². The summed E-state index contributed by atoms with van der Waals surface area (Å²) in [6, 6.07) is 17.9. The summed E-state index contributed by atoms with van der Waals surface area (Å²) < 4.78 is 17.2. The fraction of sp³-hybridized carbons (Fsp3) is 0.610. The number of nitrogens with one attached hydrogen (secondary N) is 2. The first-order chi connectivity index (χ1) is 24.3. The van der Waals surface area contributed by atoms with Crippen LogP contribution in [0.1, 0.15) is 71.4 Å². The smallest absolute Gasteiger partial charge is 0.249 e. The van der Waals surface area contributed by atoms with Crippen LogP contribution in [0, 0.1) is 17.8 Å². The van der Waals surface area contributed by atoms with Crippen LogP contribution < -0.4 is 10.6 Å². The molecule has 1 aliphatic heterocycles. The van der Waals surface area contributed by atoms with E-state index >= 15 is 0 Å². The largest absolute Gasteiger partial charge is 0.378 e. The van der Waals surface area contributed by atoms with Gasteiger partial charge in [0.25, 0.3) is 0 Å². The lowest BCUT2D eigenvalue weighted by Gasteiger charge is -2.27. The molecular weight excluding hydrogens is 646 g/mol. The lowest BCUT2D eigenvalue weighted by Crippen LogP contribution is -2.50. The second-order valence-corrected chi connectivity index (χ2v) is 15.1. The lowest BCUT2D eigenvalue weighted by molar-refractivity contribution is -0.138. The van der Waals surface area contributed by atoms with Crippen LogP contribution in [0.5, 0.6) is 0 Å². The molecule has 0 aromatic heterocycles. The maximum atomic E-state index is 14.1. The van der Waals surface area contributed by atoms with Crippen molar-refractivity contribution < 1.29 is 33.4 Å². The molecule has 0 bridgehead atoms. The Morgan fingerprint density at radius 2 is 1.37 bits per heavy atom. The normalized spacial score (nSPS) is 17.9. The zero-order chi connectivity index (χ0) is 37.4. The Balaban J connectivity index is 1.77. The second kappa shape index (κ2) is 21.2. The molecule has 1 saturated heterocycles. The summed E-state index contributed by atoms with van der Waals surface area (Å²) in [4.78, 5) is 57.3. The van der Waals surface area contributed by atoms with E-state index in [9.17, 15) is 19.2 Å². The van der Waals surface area contributed by atoms with E-state index in [4.69, 9.17) is 14.2 Å². The number of ether oxygens (including phenoxy) is 3. The maximum Gasteiger partial charge on any atom is 0.249 e. The van der Waals surface area contributed by atoms with Gasteiger partial charge in [-0.25, -0.2) is 0 Å². The fourth-order valence-corrected chi connectivity index (χ4v) is 5.99. The van der Waals surface area contributed by atoms with Crippen molar-refractivity contribution in [1.29, 1.82) is 0 Å². The van der Waals surface area contributed by atoms with Gasteiger partial charge in [-0.05, 0) is 76.1 Å². The number of carbonyl (C=O) groups is 4. The van der Waals surface area contributed by atoms with Gasteiger partial charge in [0.1, 0.15) is 11.7 Å². The highest BCUT2D eigenvalue weighted by Crippen LogP contribution is 2.30. The number of hydrogen-bond donors (Lipinski definition) is 2. The number of rotatable bonds is 25. The van der Waals surface area contributed by atoms with Crippen LogP contribution in [0.15, 0.2) is 60.7 Å². The number of epoxide rings is 1. The summed E-state index contributed by atoms with van der Waals surface area (Å²) >= 11 is 0. The SMILES string of the molecule is CC(C)C[C@H](NC(=O)[C@H](CCc1ccccc1)OCCOCCN(C)C)C(=O)C[C@@H](Cc1ccccc1)C(=O)N[C@@H](CC(C)C)C(=O)[C@@]1(C)CO1. The van der Waals surface area contributed by atoms with Crippen molar-refractivity contribution in [3.05, 3.63) is 71.8 Å². The van der Waals surface area contributed by atoms with E-state index in [2.05, 4.69) is 10.6 Å². The fourth-order valence-electron chi connectivity index (χ4n) is 5.99. The Hall–Kier alpha value is -3.44. The van der Waals surface area contributed by atoms with Crippen molar-refractivity contribution in [3.8, 4) is 0 Å². The van der Waals surface area contributed by atoms with E-state index in [1.165, 1.54) is 0 Å². The molecule has 0 saturated carbocycles. The summed E-state index contributed by atoms with van der Waals surface area (Å²) in [6.07, 6.45) is 1.37. The average molecular weight is 708 g/mol. The Morgan fingerprint density at radius 3 is 1.94 bits per heavy atom. The minimum atomic E-state index is -0.887. The zero-order valence-electron chi connectivity index (χ0n) is 31.8. The lowest BCUT2D eigenvalue weighted by atomic mass is 9.87. The summed E-state index contributed by atoms with van der Waals surface area (Å²) in [5, 5.41) is 6.00. The molecule has 0 aliphatic carbocycles. The van der Waals surface area contributed by atoms with Gasteiger partial charge in [-0.15, -0.1) is 0 Å². The molecule has 2 aromatic rings. The molecular formula is C41H61N3O7. The highest BCUT2D eigenvalue weighted by molar-refractivity contribution is 5.98. The third-order valence-corrected chi connectivity index (χ3v) is 9.05. The number of ketones is 2. The minimum Gasteiger partial charge on any atom is -0.378 e. The van der Waals surface area contributed by atoms with E-state index in [-0.39, 0.29) is 48.2 Å². The van der Waals surface area contributed by atoms with Crippen LogP contribution >= 0.6 is 0 Å². The molecule has 282 valence electrons. The molecule has 2 aromatic carbocycles. The van der Waals surface area contributed by atoms with E-state index < -0.39 is 29.7 Å². The van der Waals surface area contributed by atoms with Gasteiger partial charge in [0.15, 0.2) is 11.6 Å². The van der Waals surface area contributed by atoms with Crippen molar-refractivity contribution in [3.63, 3.8) is 0 Å². The standard InChI is InChI=1S/C41H61N3O7/c1-29(2)24-34(42-40(48)37(19-18-31-14-10-8-11-15-31)50-23-22-49-21-20-44(6)7)36(45)27-33(26-32-16-12-9-13-17-32)39(47)43-35(25-30(3)4)38(46)41(5)28-51-41/h8-17,29-30,33-35,37H,18-28H2,1-7H3,(H,42,48)(H,43,47)/t33-,34+,35+,37+,41-/m1/s1. The van der Waals surface area contributed by atoms with Crippen molar-refractivity contribution in [1.82, 2.24) is 15.5 Å². The van der Waals surface area contributed by atoms with Gasteiger partial charge in [-0.3, -0.25) is 19.2 Å². The van der Waals surface area contributed by atoms with Crippen LogP contribution in [-0.4, -0.2) is 99.1 Å². The predicted molar refractivity (Wildman–Crippen MR) is 199 cm³/mol. The van der Waals surface area contributed by atoms with E-state index in [0.29, 0.717) is 51.9 Å². The van der Waals surface area contributed by atoms with E-state index in [0.717, 1.165) is 17.7 Å². The molecule has 10 nitrogen and oxygen atoms in total. The van der Waals surface area contributed by atoms with Gasteiger partial charge in [-0.1, -0.05) is 88.4 Å². The van der Waals surface area contributed by atoms with Gasteiger partial charge >= 0.3 is 0 Å². The number of Topliss-reactive ketones (excluding diaryl/α,β-unsaturated/α-hetero) is 2. The number of amides is 2. The third-order valence-electron chi connectivity index (χ3n) is 9.05. The van der Waals surface area contributed by atoms with Crippen LogP contribution in [-0.2, 0) is 46.2 Å². The summed E-state index contributed by atoms with van der Waals surface area (Å²) in [5.74, 6) is -1.59. The van der Waals surface area contributed by atoms with Crippen molar-refractivity contribution in [2.45, 2.75) is 96.9 Å². The van der Waals surface area contributed by atoms with Crippen LogP contribution in [0.3, 0.4) is 0 Å². The first-order valence-electron chi connectivity index (χ1n) is 18.5. The monoisotopic (exact) mass is 707 g/mol. The van der Waals surface area contributed by atoms with Crippen molar-refractivity contribution in [2.75, 3.05) is 47.1 Å². The first-order valence-corrected chi connectivity index (χ1v) is 18.5. The molecule has 2 N–H and O–H groups in total. The Labute approximate surface area is 305 Å². The van der Waals surface area contributed by atoms with Crippen LogP contribution in [0.25, 0.3) is 0 Å². The highest BCUT2D eigenvalue weighted by atomic mass is 16.6. The van der Waals surface area contributed by atoms with Crippen LogP contribution in [0.4, 0.5) is 0 Å². The van der Waals surface area contributed by atoms with Gasteiger partial charge in [0.05, 0.1) is 38.5 Å². The summed E-state index contributed by atoms with van der Waals surface area (Å²) in [5.41, 5.74) is 1.10. The molecule has 3 rings (SSSR count).